The zero-order chi connectivity index (χ0) is 15.5. The van der Waals surface area contributed by atoms with Gasteiger partial charge in [-0.1, -0.05) is 25.1 Å². The van der Waals surface area contributed by atoms with Gasteiger partial charge in [-0.3, -0.25) is 4.99 Å². The average Bonchev–Trinajstić information content (AvgIpc) is 2.52. The van der Waals surface area contributed by atoms with Gasteiger partial charge in [0.1, 0.15) is 5.75 Å². The van der Waals surface area contributed by atoms with Crippen molar-refractivity contribution >= 4 is 5.96 Å². The highest BCUT2D eigenvalue weighted by Gasteiger charge is 2.10. The molecule has 1 aromatic rings. The Morgan fingerprint density at radius 1 is 1.24 bits per heavy atom. The summed E-state index contributed by atoms with van der Waals surface area (Å²) in [4.78, 5) is 4.62. The lowest BCUT2D eigenvalue weighted by molar-refractivity contribution is 0.203. The Morgan fingerprint density at radius 3 is 2.67 bits per heavy atom. The number of methoxy groups -OCH3 is 2. The summed E-state index contributed by atoms with van der Waals surface area (Å²) >= 11 is 0. The molecule has 0 amide bonds. The van der Waals surface area contributed by atoms with E-state index in [1.165, 1.54) is 5.56 Å². The van der Waals surface area contributed by atoms with Crippen LogP contribution in [0.1, 0.15) is 25.3 Å². The third kappa shape index (κ3) is 6.04. The minimum atomic E-state index is 0.291. The highest BCUT2D eigenvalue weighted by molar-refractivity contribution is 5.79. The number of nitrogens with zero attached hydrogens (tertiary/aromatic N) is 1. The number of para-hydroxylation sites is 1. The maximum Gasteiger partial charge on any atom is 0.191 e. The fraction of sp³-hybridized carbons (Fsp3) is 0.562. The molecule has 1 atom stereocenters. The summed E-state index contributed by atoms with van der Waals surface area (Å²) in [6.45, 7) is 7.14. The quantitative estimate of drug-likeness (QED) is 0.437. The van der Waals surface area contributed by atoms with Gasteiger partial charge < -0.3 is 20.1 Å². The van der Waals surface area contributed by atoms with Gasteiger partial charge in [-0.05, 0) is 18.6 Å². The van der Waals surface area contributed by atoms with E-state index in [9.17, 15) is 0 Å². The first-order chi connectivity index (χ1) is 10.2. The molecule has 0 saturated heterocycles. The van der Waals surface area contributed by atoms with Crippen LogP contribution in [0, 0.1) is 0 Å². The van der Waals surface area contributed by atoms with Gasteiger partial charge in [0.2, 0.25) is 0 Å². The van der Waals surface area contributed by atoms with E-state index in [4.69, 9.17) is 9.47 Å². The number of ether oxygens (including phenoxy) is 2. The first-order valence-corrected chi connectivity index (χ1v) is 7.36. The SMILES string of the molecule is CCNC(=NCC(C)c1ccccc1OC)NCCOC. The summed E-state index contributed by atoms with van der Waals surface area (Å²) in [5.74, 6) is 2.02. The minimum Gasteiger partial charge on any atom is -0.496 e. The normalized spacial score (nSPS) is 12.9. The molecule has 0 aromatic heterocycles. The lowest BCUT2D eigenvalue weighted by Gasteiger charge is -2.15. The molecule has 21 heavy (non-hydrogen) atoms. The van der Waals surface area contributed by atoms with Gasteiger partial charge in [0.25, 0.3) is 0 Å². The van der Waals surface area contributed by atoms with Crippen molar-refractivity contribution in [1.29, 1.82) is 0 Å². The number of nitrogens with one attached hydrogen (secondary N) is 2. The van der Waals surface area contributed by atoms with E-state index < -0.39 is 0 Å². The third-order valence-electron chi connectivity index (χ3n) is 3.14. The molecule has 1 rings (SSSR count). The first-order valence-electron chi connectivity index (χ1n) is 7.36. The average molecular weight is 293 g/mol. The molecule has 0 radical (unpaired) electrons. The maximum absolute atomic E-state index is 5.40. The zero-order valence-electron chi connectivity index (χ0n) is 13.5. The molecule has 0 aliphatic rings. The second kappa shape index (κ2) is 10.0. The van der Waals surface area contributed by atoms with Crippen molar-refractivity contribution in [3.05, 3.63) is 29.8 Å². The van der Waals surface area contributed by atoms with E-state index in [1.54, 1.807) is 14.2 Å². The summed E-state index contributed by atoms with van der Waals surface area (Å²) in [7, 11) is 3.39. The lowest BCUT2D eigenvalue weighted by Crippen LogP contribution is -2.39. The highest BCUT2D eigenvalue weighted by atomic mass is 16.5. The van der Waals surface area contributed by atoms with Gasteiger partial charge in [-0.15, -0.1) is 0 Å². The van der Waals surface area contributed by atoms with Crippen molar-refractivity contribution in [2.75, 3.05) is 40.5 Å². The van der Waals surface area contributed by atoms with Crippen molar-refractivity contribution < 1.29 is 9.47 Å². The van der Waals surface area contributed by atoms with Crippen LogP contribution in [0.25, 0.3) is 0 Å². The molecule has 0 saturated carbocycles. The molecule has 1 unspecified atom stereocenters. The number of guanidine groups is 1. The van der Waals surface area contributed by atoms with Gasteiger partial charge in [0.15, 0.2) is 5.96 Å². The van der Waals surface area contributed by atoms with Crippen molar-refractivity contribution in [3.8, 4) is 5.75 Å². The number of hydrogen-bond acceptors (Lipinski definition) is 3. The molecule has 5 nitrogen and oxygen atoms in total. The molecular formula is C16H27N3O2. The molecule has 0 heterocycles. The van der Waals surface area contributed by atoms with Crippen molar-refractivity contribution in [2.45, 2.75) is 19.8 Å². The van der Waals surface area contributed by atoms with E-state index in [2.05, 4.69) is 35.5 Å². The summed E-state index contributed by atoms with van der Waals surface area (Å²) in [5, 5.41) is 6.47. The second-order valence-electron chi connectivity index (χ2n) is 4.78. The van der Waals surface area contributed by atoms with Crippen molar-refractivity contribution in [2.24, 2.45) is 4.99 Å². The van der Waals surface area contributed by atoms with Crippen LogP contribution in [0.15, 0.2) is 29.3 Å². The monoisotopic (exact) mass is 293 g/mol. The van der Waals surface area contributed by atoms with Crippen molar-refractivity contribution in [3.63, 3.8) is 0 Å². The standard InChI is InChI=1S/C16H27N3O2/c1-5-17-16(18-10-11-20-3)19-12-13(2)14-8-6-7-9-15(14)21-4/h6-9,13H,5,10-12H2,1-4H3,(H2,17,18,19). The summed E-state index contributed by atoms with van der Waals surface area (Å²) < 4.78 is 10.4. The summed E-state index contributed by atoms with van der Waals surface area (Å²) in [6, 6.07) is 8.08. The van der Waals surface area contributed by atoms with Crippen LogP contribution in [0.2, 0.25) is 0 Å². The Hall–Kier alpha value is -1.75. The molecule has 2 N–H and O–H groups in total. The predicted octanol–water partition coefficient (Wildman–Crippen LogP) is 2.00. The Labute approximate surface area is 127 Å². The minimum absolute atomic E-state index is 0.291. The van der Waals surface area contributed by atoms with Crippen LogP contribution >= 0.6 is 0 Å². The lowest BCUT2D eigenvalue weighted by atomic mass is 10.0. The van der Waals surface area contributed by atoms with Crippen LogP contribution in [0.5, 0.6) is 5.75 Å². The van der Waals surface area contributed by atoms with E-state index in [0.29, 0.717) is 19.1 Å². The molecule has 0 spiro atoms. The molecule has 0 fully saturated rings. The molecule has 0 aliphatic heterocycles. The van der Waals surface area contributed by atoms with E-state index in [-0.39, 0.29) is 0 Å². The zero-order valence-corrected chi connectivity index (χ0v) is 13.5. The molecule has 118 valence electrons. The molecule has 0 bridgehead atoms. The smallest absolute Gasteiger partial charge is 0.191 e. The van der Waals surface area contributed by atoms with Crippen LogP contribution < -0.4 is 15.4 Å². The van der Waals surface area contributed by atoms with Gasteiger partial charge in [-0.2, -0.15) is 0 Å². The summed E-state index contributed by atoms with van der Waals surface area (Å²) in [5.41, 5.74) is 1.18. The Kier molecular flexibility index (Phi) is 8.28. The largest absolute Gasteiger partial charge is 0.496 e. The highest BCUT2D eigenvalue weighted by Crippen LogP contribution is 2.26. The fourth-order valence-electron chi connectivity index (χ4n) is 2.01. The van der Waals surface area contributed by atoms with Gasteiger partial charge in [0.05, 0.1) is 13.7 Å². The predicted molar refractivity (Wildman–Crippen MR) is 87.3 cm³/mol. The topological polar surface area (TPSA) is 54.9 Å². The molecule has 5 heteroatoms. The first kappa shape index (κ1) is 17.3. The fourth-order valence-corrected chi connectivity index (χ4v) is 2.01. The number of rotatable bonds is 8. The van der Waals surface area contributed by atoms with Gasteiger partial charge in [-0.25, -0.2) is 0 Å². The molecule has 0 aliphatic carbocycles. The number of benzene rings is 1. The van der Waals surface area contributed by atoms with Crippen molar-refractivity contribution in [1.82, 2.24) is 10.6 Å². The Balaban J connectivity index is 2.65. The summed E-state index contributed by atoms with van der Waals surface area (Å²) in [6.07, 6.45) is 0. The van der Waals surface area contributed by atoms with E-state index in [1.807, 2.05) is 18.2 Å². The third-order valence-corrected chi connectivity index (χ3v) is 3.14. The Bertz CT molecular complexity index is 435. The van der Waals surface area contributed by atoms with Gasteiger partial charge >= 0.3 is 0 Å². The van der Waals surface area contributed by atoms with Crippen LogP contribution in [0.3, 0.4) is 0 Å². The van der Waals surface area contributed by atoms with Crippen LogP contribution in [-0.4, -0.2) is 46.4 Å². The molecular weight excluding hydrogens is 266 g/mol. The number of aliphatic imine (C=N–C) groups is 1. The Morgan fingerprint density at radius 2 is 2.00 bits per heavy atom. The van der Waals surface area contributed by atoms with E-state index >= 15 is 0 Å². The van der Waals surface area contributed by atoms with E-state index in [0.717, 1.165) is 24.8 Å². The molecule has 1 aromatic carbocycles. The van der Waals surface area contributed by atoms with Crippen LogP contribution in [-0.2, 0) is 4.74 Å². The number of hydrogen-bond donors (Lipinski definition) is 2. The second-order valence-corrected chi connectivity index (χ2v) is 4.78. The van der Waals surface area contributed by atoms with Crippen LogP contribution in [0.4, 0.5) is 0 Å². The maximum atomic E-state index is 5.40. The van der Waals surface area contributed by atoms with Gasteiger partial charge in [0, 0.05) is 32.7 Å².